The Bertz CT molecular complexity index is 491. The van der Waals surface area contributed by atoms with Gasteiger partial charge in [-0.15, -0.1) is 5.10 Å². The first kappa shape index (κ1) is 11.3. The van der Waals surface area contributed by atoms with Gasteiger partial charge in [0, 0.05) is 6.61 Å². The molecule has 1 aromatic heterocycles. The number of nitrogens with zero attached hydrogens (tertiary/aromatic N) is 4. The van der Waals surface area contributed by atoms with E-state index in [0.717, 1.165) is 25.3 Å². The standard InChI is InChI=1S/C13H16N4O/c1-2-6-11(7-3-1)10-17-13(14-15-16-17)12-8-4-5-9-18-12/h1-3,6-7,12H,4-5,8-10H2. The van der Waals surface area contributed by atoms with Gasteiger partial charge in [-0.3, -0.25) is 0 Å². The summed E-state index contributed by atoms with van der Waals surface area (Å²) in [6.45, 7) is 1.51. The van der Waals surface area contributed by atoms with Crippen molar-refractivity contribution < 1.29 is 4.74 Å². The predicted octanol–water partition coefficient (Wildman–Crippen LogP) is 1.96. The van der Waals surface area contributed by atoms with E-state index in [-0.39, 0.29) is 6.10 Å². The van der Waals surface area contributed by atoms with E-state index in [0.29, 0.717) is 6.54 Å². The van der Waals surface area contributed by atoms with Gasteiger partial charge in [0.2, 0.25) is 0 Å². The molecule has 5 heteroatoms. The first-order valence-corrected chi connectivity index (χ1v) is 6.35. The van der Waals surface area contributed by atoms with E-state index >= 15 is 0 Å². The highest BCUT2D eigenvalue weighted by atomic mass is 16.5. The Morgan fingerprint density at radius 2 is 2.11 bits per heavy atom. The number of aromatic nitrogens is 4. The molecule has 1 unspecified atom stereocenters. The Labute approximate surface area is 106 Å². The number of hydrogen-bond donors (Lipinski definition) is 0. The second-order valence-electron chi connectivity index (χ2n) is 4.54. The molecule has 3 rings (SSSR count). The van der Waals surface area contributed by atoms with Crippen LogP contribution in [0.2, 0.25) is 0 Å². The maximum Gasteiger partial charge on any atom is 0.180 e. The van der Waals surface area contributed by atoms with Crippen LogP contribution in [0, 0.1) is 0 Å². The third-order valence-corrected chi connectivity index (χ3v) is 3.20. The van der Waals surface area contributed by atoms with Crippen LogP contribution in [0.4, 0.5) is 0 Å². The summed E-state index contributed by atoms with van der Waals surface area (Å²) < 4.78 is 7.58. The summed E-state index contributed by atoms with van der Waals surface area (Å²) in [5.41, 5.74) is 1.20. The highest BCUT2D eigenvalue weighted by molar-refractivity contribution is 5.15. The molecule has 0 aliphatic carbocycles. The molecule has 1 aromatic carbocycles. The molecule has 2 aromatic rings. The summed E-state index contributed by atoms with van der Waals surface area (Å²) in [5, 5.41) is 12.0. The second kappa shape index (κ2) is 5.27. The Morgan fingerprint density at radius 3 is 2.89 bits per heavy atom. The molecule has 1 aliphatic rings. The molecule has 0 bridgehead atoms. The van der Waals surface area contributed by atoms with Gasteiger partial charge in [0.05, 0.1) is 6.54 Å². The van der Waals surface area contributed by atoms with Gasteiger partial charge < -0.3 is 4.74 Å². The van der Waals surface area contributed by atoms with Crippen molar-refractivity contribution in [1.29, 1.82) is 0 Å². The second-order valence-corrected chi connectivity index (χ2v) is 4.54. The lowest BCUT2D eigenvalue weighted by Gasteiger charge is -2.21. The van der Waals surface area contributed by atoms with Crippen LogP contribution in [0.25, 0.3) is 0 Å². The van der Waals surface area contributed by atoms with Crippen molar-refractivity contribution in [2.45, 2.75) is 31.9 Å². The molecule has 2 heterocycles. The zero-order chi connectivity index (χ0) is 12.2. The molecule has 1 atom stereocenters. The van der Waals surface area contributed by atoms with Crippen molar-refractivity contribution >= 4 is 0 Å². The van der Waals surface area contributed by atoms with Crippen molar-refractivity contribution in [2.75, 3.05) is 6.61 Å². The molecule has 18 heavy (non-hydrogen) atoms. The van der Waals surface area contributed by atoms with E-state index in [9.17, 15) is 0 Å². The molecule has 5 nitrogen and oxygen atoms in total. The lowest BCUT2D eigenvalue weighted by molar-refractivity contribution is 0.00685. The lowest BCUT2D eigenvalue weighted by Crippen LogP contribution is -2.17. The highest BCUT2D eigenvalue weighted by Crippen LogP contribution is 2.25. The maximum absolute atomic E-state index is 5.74. The fourth-order valence-corrected chi connectivity index (χ4v) is 2.26. The number of tetrazole rings is 1. The van der Waals surface area contributed by atoms with Gasteiger partial charge in [-0.1, -0.05) is 30.3 Å². The van der Waals surface area contributed by atoms with E-state index in [1.54, 1.807) is 0 Å². The van der Waals surface area contributed by atoms with Gasteiger partial charge in [-0.25, -0.2) is 4.68 Å². The van der Waals surface area contributed by atoms with E-state index in [1.807, 2.05) is 22.9 Å². The number of rotatable bonds is 3. The maximum atomic E-state index is 5.74. The fourth-order valence-electron chi connectivity index (χ4n) is 2.26. The van der Waals surface area contributed by atoms with Gasteiger partial charge >= 0.3 is 0 Å². The number of ether oxygens (including phenoxy) is 1. The minimum Gasteiger partial charge on any atom is -0.370 e. The van der Waals surface area contributed by atoms with Crippen LogP contribution in [0.15, 0.2) is 30.3 Å². The average Bonchev–Trinajstić information content (AvgIpc) is 2.89. The summed E-state index contributed by atoms with van der Waals surface area (Å²) in [5.74, 6) is 0.846. The van der Waals surface area contributed by atoms with Gasteiger partial charge in [-0.05, 0) is 35.3 Å². The Kier molecular flexibility index (Phi) is 3.32. The molecule has 0 amide bonds. The quantitative estimate of drug-likeness (QED) is 0.828. The minimum absolute atomic E-state index is 0.0532. The molecule has 1 saturated heterocycles. The first-order valence-electron chi connectivity index (χ1n) is 6.35. The van der Waals surface area contributed by atoms with Crippen LogP contribution < -0.4 is 0 Å². The van der Waals surface area contributed by atoms with Gasteiger partial charge in [0.25, 0.3) is 0 Å². The van der Waals surface area contributed by atoms with Crippen LogP contribution in [-0.2, 0) is 11.3 Å². The molecule has 1 fully saturated rings. The largest absolute Gasteiger partial charge is 0.370 e. The van der Waals surface area contributed by atoms with Crippen molar-refractivity contribution in [2.24, 2.45) is 0 Å². The lowest BCUT2D eigenvalue weighted by atomic mass is 10.1. The van der Waals surface area contributed by atoms with Crippen molar-refractivity contribution in [3.05, 3.63) is 41.7 Å². The summed E-state index contributed by atoms with van der Waals surface area (Å²) in [6.07, 6.45) is 3.38. The monoisotopic (exact) mass is 244 g/mol. The third-order valence-electron chi connectivity index (χ3n) is 3.20. The molecule has 0 N–H and O–H groups in total. The zero-order valence-corrected chi connectivity index (χ0v) is 10.2. The fraction of sp³-hybridized carbons (Fsp3) is 0.462. The highest BCUT2D eigenvalue weighted by Gasteiger charge is 2.22. The smallest absolute Gasteiger partial charge is 0.180 e. The topological polar surface area (TPSA) is 52.8 Å². The molecular weight excluding hydrogens is 228 g/mol. The van der Waals surface area contributed by atoms with Crippen LogP contribution >= 0.6 is 0 Å². The molecule has 0 radical (unpaired) electrons. The van der Waals surface area contributed by atoms with Gasteiger partial charge in [-0.2, -0.15) is 0 Å². The van der Waals surface area contributed by atoms with Crippen LogP contribution in [-0.4, -0.2) is 26.8 Å². The average molecular weight is 244 g/mol. The first-order chi connectivity index (χ1) is 8.93. The van der Waals surface area contributed by atoms with Crippen LogP contribution in [0.3, 0.4) is 0 Å². The SMILES string of the molecule is c1ccc(Cn2nnnc2C2CCCCO2)cc1. The van der Waals surface area contributed by atoms with Crippen molar-refractivity contribution in [1.82, 2.24) is 20.2 Å². The summed E-state index contributed by atoms with van der Waals surface area (Å²) in [6, 6.07) is 10.2. The number of benzene rings is 1. The summed E-state index contributed by atoms with van der Waals surface area (Å²) >= 11 is 0. The minimum atomic E-state index is 0.0532. The Hall–Kier alpha value is -1.75. The molecule has 94 valence electrons. The van der Waals surface area contributed by atoms with E-state index < -0.39 is 0 Å². The zero-order valence-electron chi connectivity index (χ0n) is 10.2. The van der Waals surface area contributed by atoms with Crippen molar-refractivity contribution in [3.8, 4) is 0 Å². The predicted molar refractivity (Wildman–Crippen MR) is 65.9 cm³/mol. The van der Waals surface area contributed by atoms with E-state index in [2.05, 4.69) is 27.7 Å². The van der Waals surface area contributed by atoms with Crippen molar-refractivity contribution in [3.63, 3.8) is 0 Å². The van der Waals surface area contributed by atoms with Crippen LogP contribution in [0.1, 0.15) is 36.8 Å². The Morgan fingerprint density at radius 1 is 1.22 bits per heavy atom. The number of hydrogen-bond acceptors (Lipinski definition) is 4. The molecule has 1 aliphatic heterocycles. The Balaban J connectivity index is 1.78. The van der Waals surface area contributed by atoms with Crippen LogP contribution in [0.5, 0.6) is 0 Å². The van der Waals surface area contributed by atoms with Gasteiger partial charge in [0.1, 0.15) is 6.10 Å². The molecular formula is C13H16N4O. The summed E-state index contributed by atoms with van der Waals surface area (Å²) in [7, 11) is 0. The summed E-state index contributed by atoms with van der Waals surface area (Å²) in [4.78, 5) is 0. The molecule has 0 saturated carbocycles. The van der Waals surface area contributed by atoms with E-state index in [1.165, 1.54) is 12.0 Å². The normalized spacial score (nSPS) is 19.9. The van der Waals surface area contributed by atoms with Gasteiger partial charge in [0.15, 0.2) is 5.82 Å². The molecule has 0 spiro atoms. The third kappa shape index (κ3) is 2.41. The van der Waals surface area contributed by atoms with E-state index in [4.69, 9.17) is 4.74 Å².